The van der Waals surface area contributed by atoms with E-state index in [9.17, 15) is 15.3 Å². The molecule has 1 rings (SSSR count). The van der Waals surface area contributed by atoms with E-state index in [0.29, 0.717) is 6.61 Å². The third kappa shape index (κ3) is 7.20. The second kappa shape index (κ2) is 12.0. The predicted molar refractivity (Wildman–Crippen MR) is 85.7 cm³/mol. The molecule has 0 amide bonds. The van der Waals surface area contributed by atoms with Gasteiger partial charge in [-0.2, -0.15) is 0 Å². The fourth-order valence-electron chi connectivity index (χ4n) is 2.55. The lowest BCUT2D eigenvalue weighted by Gasteiger charge is -2.37. The zero-order valence-electron chi connectivity index (χ0n) is 13.7. The van der Waals surface area contributed by atoms with Crippen molar-refractivity contribution in [1.29, 1.82) is 0 Å². The summed E-state index contributed by atoms with van der Waals surface area (Å²) in [5.74, 6) is 0. The average molecular weight is 316 g/mol. The number of aliphatic hydroxyl groups excluding tert-OH is 3. The van der Waals surface area contributed by atoms with Crippen molar-refractivity contribution in [2.75, 3.05) is 19.8 Å². The minimum atomic E-state index is -0.996. The van der Waals surface area contributed by atoms with Crippen LogP contribution in [0.4, 0.5) is 0 Å². The van der Waals surface area contributed by atoms with E-state index < -0.39 is 24.4 Å². The summed E-state index contributed by atoms with van der Waals surface area (Å²) >= 11 is 0. The fourth-order valence-corrected chi connectivity index (χ4v) is 2.55. The number of ether oxygens (including phenoxy) is 2. The van der Waals surface area contributed by atoms with E-state index in [-0.39, 0.29) is 13.2 Å². The Labute approximate surface area is 133 Å². The van der Waals surface area contributed by atoms with Gasteiger partial charge in [-0.1, -0.05) is 31.9 Å². The van der Waals surface area contributed by atoms with E-state index in [0.717, 1.165) is 25.7 Å². The third-order valence-corrected chi connectivity index (χ3v) is 3.97. The summed E-state index contributed by atoms with van der Waals surface area (Å²) in [5, 5.41) is 28.7. The highest BCUT2D eigenvalue weighted by Gasteiger charge is 2.39. The quantitative estimate of drug-likeness (QED) is 0.400. The van der Waals surface area contributed by atoms with Crippen LogP contribution in [0.2, 0.25) is 0 Å². The maximum atomic E-state index is 9.91. The number of unbranched alkanes of at least 4 members (excludes halogenated alkanes) is 5. The first kappa shape index (κ1) is 19.6. The van der Waals surface area contributed by atoms with E-state index in [2.05, 4.69) is 19.1 Å². The average Bonchev–Trinajstić information content (AvgIpc) is 2.53. The molecule has 0 spiro atoms. The highest BCUT2D eigenvalue weighted by molar-refractivity contribution is 4.87. The molecule has 130 valence electrons. The van der Waals surface area contributed by atoms with Gasteiger partial charge in [0.05, 0.1) is 13.2 Å². The van der Waals surface area contributed by atoms with Gasteiger partial charge in [-0.05, 0) is 32.1 Å². The van der Waals surface area contributed by atoms with E-state index in [1.165, 1.54) is 19.3 Å². The van der Waals surface area contributed by atoms with Crippen LogP contribution in [0.15, 0.2) is 12.2 Å². The largest absolute Gasteiger partial charge is 0.394 e. The second-order valence-corrected chi connectivity index (χ2v) is 5.91. The summed E-state index contributed by atoms with van der Waals surface area (Å²) in [4.78, 5) is 0. The molecular weight excluding hydrogens is 284 g/mol. The van der Waals surface area contributed by atoms with Crippen molar-refractivity contribution in [2.24, 2.45) is 0 Å². The van der Waals surface area contributed by atoms with Crippen molar-refractivity contribution < 1.29 is 24.8 Å². The van der Waals surface area contributed by atoms with Crippen molar-refractivity contribution in [3.05, 3.63) is 12.2 Å². The zero-order chi connectivity index (χ0) is 16.2. The Morgan fingerprint density at radius 1 is 1.09 bits per heavy atom. The topological polar surface area (TPSA) is 79.2 Å². The SMILES string of the molecule is CCCCC/C=C/CCCCO[C@@H]1[C@@H](O)[C@H](O)CO[C@H]1CO. The molecule has 0 aromatic carbocycles. The highest BCUT2D eigenvalue weighted by Crippen LogP contribution is 2.19. The Bertz CT molecular complexity index is 293. The lowest BCUT2D eigenvalue weighted by atomic mass is 10.0. The first-order valence-electron chi connectivity index (χ1n) is 8.55. The molecule has 1 aliphatic heterocycles. The minimum absolute atomic E-state index is 0.0368. The predicted octanol–water partition coefficient (Wildman–Crippen LogP) is 1.79. The Morgan fingerprint density at radius 2 is 1.77 bits per heavy atom. The van der Waals surface area contributed by atoms with Gasteiger partial charge in [-0.15, -0.1) is 0 Å². The highest BCUT2D eigenvalue weighted by atomic mass is 16.6. The first-order chi connectivity index (χ1) is 10.7. The van der Waals surface area contributed by atoms with Crippen LogP contribution in [0.25, 0.3) is 0 Å². The van der Waals surface area contributed by atoms with Crippen molar-refractivity contribution in [3.8, 4) is 0 Å². The van der Waals surface area contributed by atoms with Crippen LogP contribution in [0.5, 0.6) is 0 Å². The summed E-state index contributed by atoms with van der Waals surface area (Å²) in [7, 11) is 0. The summed E-state index contributed by atoms with van der Waals surface area (Å²) < 4.78 is 10.9. The molecule has 0 aromatic rings. The van der Waals surface area contributed by atoms with Gasteiger partial charge in [0.15, 0.2) is 0 Å². The smallest absolute Gasteiger partial charge is 0.114 e. The van der Waals surface area contributed by atoms with Gasteiger partial charge in [0.1, 0.15) is 24.4 Å². The van der Waals surface area contributed by atoms with Crippen molar-refractivity contribution in [1.82, 2.24) is 0 Å². The van der Waals surface area contributed by atoms with Crippen LogP contribution in [0.1, 0.15) is 51.9 Å². The number of allylic oxidation sites excluding steroid dienone is 2. The van der Waals surface area contributed by atoms with Gasteiger partial charge < -0.3 is 24.8 Å². The summed E-state index contributed by atoms with van der Waals surface area (Å²) in [6.07, 6.45) is 9.22. The van der Waals surface area contributed by atoms with E-state index in [1.807, 2.05) is 0 Å². The second-order valence-electron chi connectivity index (χ2n) is 5.91. The molecule has 0 radical (unpaired) electrons. The van der Waals surface area contributed by atoms with Crippen molar-refractivity contribution in [2.45, 2.75) is 76.3 Å². The molecule has 0 aliphatic carbocycles. The molecule has 5 heteroatoms. The van der Waals surface area contributed by atoms with Crippen molar-refractivity contribution >= 4 is 0 Å². The third-order valence-electron chi connectivity index (χ3n) is 3.97. The van der Waals surface area contributed by atoms with Crippen LogP contribution >= 0.6 is 0 Å². The maximum Gasteiger partial charge on any atom is 0.114 e. The molecule has 22 heavy (non-hydrogen) atoms. The summed E-state index contributed by atoms with van der Waals surface area (Å²) in [6, 6.07) is 0. The number of hydrogen-bond donors (Lipinski definition) is 3. The molecule has 0 saturated carbocycles. The molecule has 1 saturated heterocycles. The van der Waals surface area contributed by atoms with Crippen LogP contribution in [0.3, 0.4) is 0 Å². The van der Waals surface area contributed by atoms with E-state index in [4.69, 9.17) is 9.47 Å². The molecule has 5 nitrogen and oxygen atoms in total. The summed E-state index contributed by atoms with van der Waals surface area (Å²) in [5.41, 5.74) is 0. The summed E-state index contributed by atoms with van der Waals surface area (Å²) in [6.45, 7) is 2.53. The van der Waals surface area contributed by atoms with Gasteiger partial charge in [0.2, 0.25) is 0 Å². The molecule has 0 aromatic heterocycles. The van der Waals surface area contributed by atoms with Gasteiger partial charge in [-0.3, -0.25) is 0 Å². The molecule has 3 N–H and O–H groups in total. The Balaban J connectivity index is 2.09. The Kier molecular flexibility index (Phi) is 10.7. The standard InChI is InChI=1S/C17H32O5/c1-2-3-4-5-6-7-8-9-10-11-21-17-15(12-18)22-13-14(19)16(17)20/h6-7,14-20H,2-5,8-13H2,1H3/b7-6+/t14-,15+,16+,17+/m1/s1. The molecule has 0 unspecified atom stereocenters. The van der Waals surface area contributed by atoms with Crippen molar-refractivity contribution in [3.63, 3.8) is 0 Å². The van der Waals surface area contributed by atoms with Gasteiger partial charge in [0, 0.05) is 6.61 Å². The van der Waals surface area contributed by atoms with Crippen LogP contribution in [0, 0.1) is 0 Å². The normalized spacial score (nSPS) is 29.3. The first-order valence-corrected chi connectivity index (χ1v) is 8.55. The molecule has 0 bridgehead atoms. The van der Waals surface area contributed by atoms with Gasteiger partial charge >= 0.3 is 0 Å². The van der Waals surface area contributed by atoms with Crippen LogP contribution in [-0.2, 0) is 9.47 Å². The van der Waals surface area contributed by atoms with E-state index >= 15 is 0 Å². The number of rotatable bonds is 11. The van der Waals surface area contributed by atoms with Crippen LogP contribution < -0.4 is 0 Å². The molecule has 1 heterocycles. The van der Waals surface area contributed by atoms with Gasteiger partial charge in [0.25, 0.3) is 0 Å². The Hall–Kier alpha value is -0.460. The minimum Gasteiger partial charge on any atom is -0.394 e. The van der Waals surface area contributed by atoms with Gasteiger partial charge in [-0.25, -0.2) is 0 Å². The fraction of sp³-hybridized carbons (Fsp3) is 0.882. The monoisotopic (exact) mass is 316 g/mol. The Morgan fingerprint density at radius 3 is 2.41 bits per heavy atom. The van der Waals surface area contributed by atoms with E-state index in [1.54, 1.807) is 0 Å². The number of aliphatic hydroxyl groups is 3. The molecular formula is C17H32O5. The van der Waals surface area contributed by atoms with Crippen LogP contribution in [-0.4, -0.2) is 59.6 Å². The lowest BCUT2D eigenvalue weighted by Crippen LogP contribution is -2.55. The lowest BCUT2D eigenvalue weighted by molar-refractivity contribution is -0.211. The zero-order valence-corrected chi connectivity index (χ0v) is 13.7. The maximum absolute atomic E-state index is 9.91. The molecule has 1 aliphatic rings. The molecule has 4 atom stereocenters. The number of hydrogen-bond acceptors (Lipinski definition) is 5. The molecule has 1 fully saturated rings.